The lowest BCUT2D eigenvalue weighted by molar-refractivity contribution is -0.131. The molecule has 5 heteroatoms. The van der Waals surface area contributed by atoms with Crippen LogP contribution in [0.25, 0.3) is 11.4 Å². The van der Waals surface area contributed by atoms with Gasteiger partial charge in [-0.15, -0.1) is 0 Å². The van der Waals surface area contributed by atoms with E-state index < -0.39 is 0 Å². The van der Waals surface area contributed by atoms with Crippen LogP contribution in [0.3, 0.4) is 0 Å². The molecule has 0 unspecified atom stereocenters. The predicted molar refractivity (Wildman–Crippen MR) is 85.2 cm³/mol. The minimum Gasteiger partial charge on any atom is -0.341 e. The van der Waals surface area contributed by atoms with E-state index >= 15 is 0 Å². The van der Waals surface area contributed by atoms with E-state index in [-0.39, 0.29) is 12.5 Å². The molecule has 1 aromatic carbocycles. The fraction of sp³-hybridized carbons (Fsp3) is 0.471. The molecule has 0 N–H and O–H groups in total. The van der Waals surface area contributed by atoms with Gasteiger partial charge >= 0.3 is 0 Å². The number of nitrogens with zero attached hydrogens (tertiary/aromatic N) is 4. The van der Waals surface area contributed by atoms with Crippen molar-refractivity contribution in [2.45, 2.75) is 39.2 Å². The molecule has 22 heavy (non-hydrogen) atoms. The maximum Gasteiger partial charge on any atom is 0.244 e. The third kappa shape index (κ3) is 3.35. The molecule has 1 fully saturated rings. The zero-order chi connectivity index (χ0) is 15.4. The van der Waals surface area contributed by atoms with E-state index in [9.17, 15) is 4.79 Å². The number of hydrogen-bond acceptors (Lipinski definition) is 3. The Hall–Kier alpha value is -2.17. The molecule has 5 nitrogen and oxygen atoms in total. The number of amides is 1. The minimum absolute atomic E-state index is 0.143. The van der Waals surface area contributed by atoms with Crippen LogP contribution in [0.1, 0.15) is 31.5 Å². The summed E-state index contributed by atoms with van der Waals surface area (Å²) in [7, 11) is 0. The maximum absolute atomic E-state index is 12.6. The molecule has 1 aliphatic heterocycles. The molecule has 0 radical (unpaired) electrons. The van der Waals surface area contributed by atoms with E-state index in [4.69, 9.17) is 0 Å². The summed E-state index contributed by atoms with van der Waals surface area (Å²) in [6, 6.07) is 9.91. The molecular formula is C17H22N4O. The number of aromatic nitrogens is 3. The first-order valence-electron chi connectivity index (χ1n) is 7.99. The highest BCUT2D eigenvalue weighted by molar-refractivity contribution is 5.76. The van der Waals surface area contributed by atoms with Crippen LogP contribution in [-0.2, 0) is 11.3 Å². The summed E-state index contributed by atoms with van der Waals surface area (Å²) < 4.78 is 1.73. The topological polar surface area (TPSA) is 51.0 Å². The first-order chi connectivity index (χ1) is 10.7. The standard InChI is InChI=1S/C17H22N4O/c1-14-18-17(15-9-5-4-6-10-15)21(19-14)13-16(22)20-11-7-2-3-8-12-20/h4-6,9-10H,2-3,7-8,11-13H2,1H3. The zero-order valence-electron chi connectivity index (χ0n) is 13.0. The van der Waals surface area contributed by atoms with Gasteiger partial charge in [-0.2, -0.15) is 5.10 Å². The fourth-order valence-electron chi connectivity index (χ4n) is 2.91. The Kier molecular flexibility index (Phi) is 4.51. The van der Waals surface area contributed by atoms with E-state index in [1.54, 1.807) is 4.68 Å². The lowest BCUT2D eigenvalue weighted by Crippen LogP contribution is -2.35. The van der Waals surface area contributed by atoms with Gasteiger partial charge in [0.25, 0.3) is 0 Å². The van der Waals surface area contributed by atoms with Crippen molar-refractivity contribution in [2.75, 3.05) is 13.1 Å². The molecule has 0 saturated carbocycles. The van der Waals surface area contributed by atoms with E-state index in [0.29, 0.717) is 5.82 Å². The zero-order valence-corrected chi connectivity index (χ0v) is 13.0. The first kappa shape index (κ1) is 14.8. The summed E-state index contributed by atoms with van der Waals surface area (Å²) in [6.45, 7) is 3.87. The fourth-order valence-corrected chi connectivity index (χ4v) is 2.91. The second-order valence-electron chi connectivity index (χ2n) is 5.80. The van der Waals surface area contributed by atoms with Gasteiger partial charge in [0.15, 0.2) is 5.82 Å². The molecule has 1 saturated heterocycles. The molecule has 0 aliphatic carbocycles. The Labute approximate surface area is 131 Å². The van der Waals surface area contributed by atoms with Gasteiger partial charge in [-0.3, -0.25) is 4.79 Å². The van der Waals surface area contributed by atoms with E-state index in [0.717, 1.165) is 37.3 Å². The van der Waals surface area contributed by atoms with Crippen molar-refractivity contribution in [1.29, 1.82) is 0 Å². The van der Waals surface area contributed by atoms with Gasteiger partial charge < -0.3 is 4.90 Å². The van der Waals surface area contributed by atoms with Crippen LogP contribution in [-0.4, -0.2) is 38.7 Å². The van der Waals surface area contributed by atoms with Crippen LogP contribution >= 0.6 is 0 Å². The van der Waals surface area contributed by atoms with Crippen LogP contribution in [0, 0.1) is 6.92 Å². The van der Waals surface area contributed by atoms with Crippen LogP contribution in [0.15, 0.2) is 30.3 Å². The average Bonchev–Trinajstić information content (AvgIpc) is 2.75. The lowest BCUT2D eigenvalue weighted by Gasteiger charge is -2.20. The van der Waals surface area contributed by atoms with Crippen LogP contribution < -0.4 is 0 Å². The molecular weight excluding hydrogens is 276 g/mol. The third-order valence-corrected chi connectivity index (χ3v) is 4.05. The Morgan fingerprint density at radius 1 is 1.09 bits per heavy atom. The second-order valence-corrected chi connectivity index (χ2v) is 5.80. The SMILES string of the molecule is Cc1nc(-c2ccccc2)n(CC(=O)N2CCCCCC2)n1. The van der Waals surface area contributed by atoms with Crippen molar-refractivity contribution < 1.29 is 4.79 Å². The Morgan fingerprint density at radius 2 is 1.77 bits per heavy atom. The maximum atomic E-state index is 12.6. The molecule has 0 atom stereocenters. The highest BCUT2D eigenvalue weighted by Gasteiger charge is 2.18. The number of carbonyl (C=O) groups excluding carboxylic acids is 1. The second kappa shape index (κ2) is 6.73. The van der Waals surface area contributed by atoms with Crippen LogP contribution in [0.4, 0.5) is 0 Å². The number of aryl methyl sites for hydroxylation is 1. The van der Waals surface area contributed by atoms with E-state index in [2.05, 4.69) is 10.1 Å². The van der Waals surface area contributed by atoms with Gasteiger partial charge in [0.05, 0.1) is 0 Å². The predicted octanol–water partition coefficient (Wildman–Crippen LogP) is 2.66. The molecule has 0 spiro atoms. The van der Waals surface area contributed by atoms with Crippen molar-refractivity contribution in [3.63, 3.8) is 0 Å². The number of hydrogen-bond donors (Lipinski definition) is 0. The lowest BCUT2D eigenvalue weighted by atomic mass is 10.2. The van der Waals surface area contributed by atoms with Gasteiger partial charge in [-0.25, -0.2) is 9.67 Å². The molecule has 3 rings (SSSR count). The molecule has 2 aromatic rings. The Bertz CT molecular complexity index is 627. The van der Waals surface area contributed by atoms with Crippen LogP contribution in [0.5, 0.6) is 0 Å². The van der Waals surface area contributed by atoms with Crippen LogP contribution in [0.2, 0.25) is 0 Å². The largest absolute Gasteiger partial charge is 0.341 e. The summed E-state index contributed by atoms with van der Waals surface area (Å²) >= 11 is 0. The van der Waals surface area contributed by atoms with Gasteiger partial charge in [0, 0.05) is 18.7 Å². The first-order valence-corrected chi connectivity index (χ1v) is 7.99. The molecule has 2 heterocycles. The normalized spacial score (nSPS) is 15.6. The number of rotatable bonds is 3. The summed E-state index contributed by atoms with van der Waals surface area (Å²) in [4.78, 5) is 19.0. The van der Waals surface area contributed by atoms with Gasteiger partial charge in [0.1, 0.15) is 12.4 Å². The number of carbonyl (C=O) groups is 1. The molecule has 1 aliphatic rings. The molecule has 0 bridgehead atoms. The van der Waals surface area contributed by atoms with Crippen molar-refractivity contribution >= 4 is 5.91 Å². The summed E-state index contributed by atoms with van der Waals surface area (Å²) in [5.41, 5.74) is 0.992. The third-order valence-electron chi connectivity index (χ3n) is 4.05. The van der Waals surface area contributed by atoms with E-state index in [1.807, 2.05) is 42.2 Å². The van der Waals surface area contributed by atoms with Gasteiger partial charge in [-0.05, 0) is 19.8 Å². The molecule has 1 aromatic heterocycles. The number of benzene rings is 1. The smallest absolute Gasteiger partial charge is 0.244 e. The number of likely N-dealkylation sites (tertiary alicyclic amines) is 1. The summed E-state index contributed by atoms with van der Waals surface area (Å²) in [6.07, 6.45) is 4.66. The highest BCUT2D eigenvalue weighted by Crippen LogP contribution is 2.17. The van der Waals surface area contributed by atoms with Crippen molar-refractivity contribution in [3.05, 3.63) is 36.2 Å². The van der Waals surface area contributed by atoms with E-state index in [1.165, 1.54) is 12.8 Å². The quantitative estimate of drug-likeness (QED) is 0.875. The average molecular weight is 298 g/mol. The Balaban J connectivity index is 1.79. The summed E-state index contributed by atoms with van der Waals surface area (Å²) in [5, 5.41) is 4.40. The molecule has 116 valence electrons. The highest BCUT2D eigenvalue weighted by atomic mass is 16.2. The minimum atomic E-state index is 0.143. The van der Waals surface area contributed by atoms with Gasteiger partial charge in [0.2, 0.25) is 5.91 Å². The van der Waals surface area contributed by atoms with Crippen molar-refractivity contribution in [1.82, 2.24) is 19.7 Å². The monoisotopic (exact) mass is 298 g/mol. The van der Waals surface area contributed by atoms with Gasteiger partial charge in [-0.1, -0.05) is 43.2 Å². The summed E-state index contributed by atoms with van der Waals surface area (Å²) in [5.74, 6) is 1.60. The Morgan fingerprint density at radius 3 is 2.45 bits per heavy atom. The van der Waals surface area contributed by atoms with Crippen molar-refractivity contribution in [3.8, 4) is 11.4 Å². The molecule has 1 amide bonds. The van der Waals surface area contributed by atoms with Crippen molar-refractivity contribution in [2.24, 2.45) is 0 Å².